The summed E-state index contributed by atoms with van der Waals surface area (Å²) < 4.78 is 5.52. The maximum Gasteiger partial charge on any atom is 0.410 e. The number of nitrogens with zero attached hydrogens (tertiary/aromatic N) is 4. The highest BCUT2D eigenvalue weighted by Crippen LogP contribution is 2.20. The summed E-state index contributed by atoms with van der Waals surface area (Å²) in [6.45, 7) is 17.3. The molecule has 1 aliphatic rings. The third-order valence-electron chi connectivity index (χ3n) is 4.84. The molecule has 0 aromatic carbocycles. The summed E-state index contributed by atoms with van der Waals surface area (Å²) >= 11 is 0. The minimum atomic E-state index is -0.488. The Morgan fingerprint density at radius 1 is 1.23 bits per heavy atom. The normalized spacial score (nSPS) is 15.6. The summed E-state index contributed by atoms with van der Waals surface area (Å²) in [5, 5.41) is 3.32. The molecule has 0 saturated carbocycles. The molecule has 2 amide bonds. The Morgan fingerprint density at radius 3 is 2.30 bits per heavy atom. The number of piperidine rings is 1. The van der Waals surface area contributed by atoms with Gasteiger partial charge in [-0.25, -0.2) is 9.79 Å². The molecule has 1 fully saturated rings. The number of amides is 2. The van der Waals surface area contributed by atoms with E-state index in [0.29, 0.717) is 25.6 Å². The average molecular weight is 424 g/mol. The van der Waals surface area contributed by atoms with Crippen molar-refractivity contribution in [3.63, 3.8) is 0 Å². The number of ether oxygens (including phenoxy) is 1. The summed E-state index contributed by atoms with van der Waals surface area (Å²) in [5.74, 6) is 1.13. The van der Waals surface area contributed by atoms with Crippen LogP contribution in [0.2, 0.25) is 0 Å². The first kappa shape index (κ1) is 25.8. The Labute approximate surface area is 182 Å². The van der Waals surface area contributed by atoms with Crippen LogP contribution in [0.25, 0.3) is 0 Å². The second kappa shape index (κ2) is 11.8. The lowest BCUT2D eigenvalue weighted by atomic mass is 9.96. The zero-order chi connectivity index (χ0) is 22.9. The first-order valence-electron chi connectivity index (χ1n) is 10.8. The van der Waals surface area contributed by atoms with E-state index in [2.05, 4.69) is 21.8 Å². The van der Waals surface area contributed by atoms with Crippen molar-refractivity contribution in [3.8, 4) is 0 Å². The molecular weight excluding hydrogens is 382 g/mol. The van der Waals surface area contributed by atoms with Gasteiger partial charge in [0.1, 0.15) is 12.1 Å². The molecule has 1 rings (SSSR count). The third-order valence-corrected chi connectivity index (χ3v) is 4.84. The lowest BCUT2D eigenvalue weighted by Crippen LogP contribution is -2.48. The van der Waals surface area contributed by atoms with Crippen LogP contribution in [0.5, 0.6) is 0 Å². The summed E-state index contributed by atoms with van der Waals surface area (Å²) in [7, 11) is 3.46. The molecule has 0 unspecified atom stereocenters. The second-order valence-corrected chi connectivity index (χ2v) is 9.19. The smallest absolute Gasteiger partial charge is 0.410 e. The fraction of sp³-hybridized carbons (Fsp3) is 0.773. The van der Waals surface area contributed by atoms with E-state index < -0.39 is 5.60 Å². The van der Waals surface area contributed by atoms with E-state index in [-0.39, 0.29) is 18.5 Å². The molecule has 1 N–H and O–H groups in total. The third kappa shape index (κ3) is 9.50. The van der Waals surface area contributed by atoms with Gasteiger partial charge in [-0.2, -0.15) is 0 Å². The van der Waals surface area contributed by atoms with Crippen molar-refractivity contribution < 1.29 is 14.3 Å². The van der Waals surface area contributed by atoms with Gasteiger partial charge in [-0.1, -0.05) is 12.2 Å². The molecular formula is C22H41N5O3. The Bertz CT molecular complexity index is 617. The van der Waals surface area contributed by atoms with Crippen LogP contribution in [0.1, 0.15) is 47.5 Å². The Kier molecular flexibility index (Phi) is 10.2. The fourth-order valence-corrected chi connectivity index (χ4v) is 3.08. The van der Waals surface area contributed by atoms with Crippen LogP contribution < -0.4 is 5.32 Å². The standard InChI is InChI=1S/C22H41N5O3/c1-9-26(21(29)30-22(4,5)6)16-18-10-12-27(13-11-18)20(23-14-17(2)3)24-15-19(28)25(7)8/h18H,2,9-16H2,1,3-8H3,(H,23,24). The molecule has 0 bridgehead atoms. The summed E-state index contributed by atoms with van der Waals surface area (Å²) in [5.41, 5.74) is 0.519. The lowest BCUT2D eigenvalue weighted by Gasteiger charge is -2.36. The number of rotatable bonds is 7. The van der Waals surface area contributed by atoms with Crippen molar-refractivity contribution >= 4 is 18.0 Å². The molecule has 1 saturated heterocycles. The Balaban J connectivity index is 2.68. The van der Waals surface area contributed by atoms with E-state index in [1.165, 1.54) is 0 Å². The highest BCUT2D eigenvalue weighted by Gasteiger charge is 2.27. The van der Waals surface area contributed by atoms with Crippen LogP contribution in [0.3, 0.4) is 0 Å². The molecule has 30 heavy (non-hydrogen) atoms. The molecule has 0 aliphatic carbocycles. The number of hydrogen-bond acceptors (Lipinski definition) is 4. The lowest BCUT2D eigenvalue weighted by molar-refractivity contribution is -0.127. The zero-order valence-electron chi connectivity index (χ0n) is 20.0. The van der Waals surface area contributed by atoms with E-state index in [1.54, 1.807) is 23.9 Å². The molecule has 1 aliphatic heterocycles. The number of carbonyl (C=O) groups is 2. The predicted octanol–water partition coefficient (Wildman–Crippen LogP) is 2.57. The van der Waals surface area contributed by atoms with Crippen LogP contribution >= 0.6 is 0 Å². The van der Waals surface area contributed by atoms with Crippen molar-refractivity contribution in [2.75, 3.05) is 53.4 Å². The predicted molar refractivity (Wildman–Crippen MR) is 122 cm³/mol. The molecule has 8 heteroatoms. The van der Waals surface area contributed by atoms with Crippen LogP contribution in [0.15, 0.2) is 17.1 Å². The number of nitrogens with one attached hydrogen (secondary N) is 1. The highest BCUT2D eigenvalue weighted by molar-refractivity contribution is 5.85. The van der Waals surface area contributed by atoms with E-state index in [0.717, 1.165) is 37.5 Å². The van der Waals surface area contributed by atoms with Gasteiger partial charge in [-0.3, -0.25) is 4.79 Å². The van der Waals surface area contributed by atoms with Crippen molar-refractivity contribution in [2.24, 2.45) is 10.9 Å². The van der Waals surface area contributed by atoms with Crippen molar-refractivity contribution in [2.45, 2.75) is 53.1 Å². The molecule has 0 spiro atoms. The maximum absolute atomic E-state index is 12.4. The Morgan fingerprint density at radius 2 is 1.83 bits per heavy atom. The summed E-state index contributed by atoms with van der Waals surface area (Å²) in [4.78, 5) is 34.4. The molecule has 1 heterocycles. The first-order valence-corrected chi connectivity index (χ1v) is 10.8. The van der Waals surface area contributed by atoms with Gasteiger partial charge in [0, 0.05) is 46.8 Å². The van der Waals surface area contributed by atoms with Crippen molar-refractivity contribution in [1.82, 2.24) is 20.0 Å². The van der Waals surface area contributed by atoms with Gasteiger partial charge >= 0.3 is 6.09 Å². The fourth-order valence-electron chi connectivity index (χ4n) is 3.08. The number of likely N-dealkylation sites (N-methyl/N-ethyl adjacent to an activating group) is 1. The van der Waals surface area contributed by atoms with Gasteiger partial charge in [-0.15, -0.1) is 0 Å². The van der Waals surface area contributed by atoms with E-state index in [1.807, 2.05) is 34.6 Å². The topological polar surface area (TPSA) is 77.5 Å². The van der Waals surface area contributed by atoms with Crippen LogP contribution in [0, 0.1) is 5.92 Å². The van der Waals surface area contributed by atoms with E-state index in [4.69, 9.17) is 4.74 Å². The molecule has 0 aromatic rings. The van der Waals surface area contributed by atoms with Gasteiger partial charge in [0.2, 0.25) is 5.91 Å². The van der Waals surface area contributed by atoms with Gasteiger partial charge in [-0.05, 0) is 53.4 Å². The molecule has 8 nitrogen and oxygen atoms in total. The maximum atomic E-state index is 12.4. The minimum absolute atomic E-state index is 0.0320. The number of aliphatic imine (C=N–C) groups is 1. The summed E-state index contributed by atoms with van der Waals surface area (Å²) in [6.07, 6.45) is 1.66. The largest absolute Gasteiger partial charge is 0.444 e. The average Bonchev–Trinajstić information content (AvgIpc) is 2.64. The van der Waals surface area contributed by atoms with Crippen molar-refractivity contribution in [1.29, 1.82) is 0 Å². The number of carbonyl (C=O) groups excluding carboxylic acids is 2. The van der Waals surface area contributed by atoms with Crippen LogP contribution in [0.4, 0.5) is 4.79 Å². The monoisotopic (exact) mass is 423 g/mol. The van der Waals surface area contributed by atoms with Gasteiger partial charge in [0.15, 0.2) is 5.96 Å². The highest BCUT2D eigenvalue weighted by atomic mass is 16.6. The van der Waals surface area contributed by atoms with Gasteiger partial charge < -0.3 is 24.8 Å². The zero-order valence-corrected chi connectivity index (χ0v) is 20.0. The molecule has 0 aromatic heterocycles. The molecule has 0 radical (unpaired) electrons. The van der Waals surface area contributed by atoms with Gasteiger partial charge in [0.25, 0.3) is 0 Å². The minimum Gasteiger partial charge on any atom is -0.444 e. The van der Waals surface area contributed by atoms with Crippen LogP contribution in [-0.2, 0) is 9.53 Å². The van der Waals surface area contributed by atoms with Crippen molar-refractivity contribution in [3.05, 3.63) is 12.2 Å². The van der Waals surface area contributed by atoms with Gasteiger partial charge in [0.05, 0.1) is 0 Å². The number of likely N-dealkylation sites (tertiary alicyclic amines) is 1. The van der Waals surface area contributed by atoms with E-state index in [9.17, 15) is 9.59 Å². The van der Waals surface area contributed by atoms with Crippen LogP contribution in [-0.4, -0.2) is 91.6 Å². The number of guanidine groups is 1. The first-order chi connectivity index (χ1) is 13.9. The molecule has 0 atom stereocenters. The van der Waals surface area contributed by atoms with E-state index >= 15 is 0 Å². The second-order valence-electron chi connectivity index (χ2n) is 9.19. The Hall–Kier alpha value is -2.25. The number of hydrogen-bond donors (Lipinski definition) is 1. The SMILES string of the molecule is C=C(C)CNC(=NCC(=O)N(C)C)N1CCC(CN(CC)C(=O)OC(C)(C)C)CC1. The quantitative estimate of drug-likeness (QED) is 0.387. The summed E-state index contributed by atoms with van der Waals surface area (Å²) in [6, 6.07) is 0. The molecule has 172 valence electrons.